The maximum Gasteiger partial charge on any atom is 0.311 e. The van der Waals surface area contributed by atoms with Crippen LogP contribution < -0.4 is 0 Å². The Hall–Kier alpha value is -0.810. The van der Waals surface area contributed by atoms with E-state index in [1.807, 2.05) is 13.8 Å². The van der Waals surface area contributed by atoms with Crippen LogP contribution in [0.4, 0.5) is 0 Å². The molecule has 9 nitrogen and oxygen atoms in total. The van der Waals surface area contributed by atoms with Crippen molar-refractivity contribution in [3.8, 4) is 0 Å². The summed E-state index contributed by atoms with van der Waals surface area (Å²) in [6, 6.07) is 0. The van der Waals surface area contributed by atoms with Gasteiger partial charge in [0.25, 0.3) is 0 Å². The Morgan fingerprint density at radius 1 is 0.698 bits per heavy atom. The lowest BCUT2D eigenvalue weighted by atomic mass is 9.52. The summed E-state index contributed by atoms with van der Waals surface area (Å²) in [5.74, 6) is -0.618. The van der Waals surface area contributed by atoms with Crippen LogP contribution in [0.15, 0.2) is 0 Å². The van der Waals surface area contributed by atoms with Crippen LogP contribution in [0.2, 0.25) is 0 Å². The first-order valence-electron chi connectivity index (χ1n) is 17.5. The highest BCUT2D eigenvalue weighted by Gasteiger charge is 2.74. The molecule has 0 amide bonds. The molecule has 4 bridgehead atoms. The van der Waals surface area contributed by atoms with Crippen LogP contribution in [0.3, 0.4) is 0 Å². The third-order valence-corrected chi connectivity index (χ3v) is 13.9. The monoisotopic (exact) mass is 604 g/mol. The molecule has 2 aliphatic carbocycles. The third-order valence-electron chi connectivity index (χ3n) is 13.9. The minimum absolute atomic E-state index is 0.0736. The molecule has 2 saturated carbocycles. The number of hydrogen-bond donors (Lipinski definition) is 0. The van der Waals surface area contributed by atoms with Gasteiger partial charge in [-0.05, 0) is 88.9 Å². The topological polar surface area (TPSA) is 90.9 Å². The van der Waals surface area contributed by atoms with E-state index in [0.29, 0.717) is 24.2 Å². The molecule has 0 aromatic rings. The number of carbonyl (C=O) groups excluding carboxylic acids is 1. The summed E-state index contributed by atoms with van der Waals surface area (Å²) in [7, 11) is 0. The number of ether oxygens (including phenoxy) is 4. The molecule has 0 unspecified atom stereocenters. The smallest absolute Gasteiger partial charge is 0.311 e. The summed E-state index contributed by atoms with van der Waals surface area (Å²) in [5, 5.41) is 0. The lowest BCUT2D eigenvalue weighted by molar-refractivity contribution is -0.578. The maximum atomic E-state index is 14.2. The van der Waals surface area contributed by atoms with E-state index in [4.69, 9.17) is 38.5 Å². The lowest BCUT2D eigenvalue weighted by Crippen LogP contribution is -2.74. The van der Waals surface area contributed by atoms with Gasteiger partial charge < -0.3 is 18.9 Å². The average molecular weight is 605 g/mol. The van der Waals surface area contributed by atoms with Gasteiger partial charge in [0.15, 0.2) is 17.5 Å². The normalized spacial score (nSPS) is 58.6. The van der Waals surface area contributed by atoms with Crippen molar-refractivity contribution < 1.29 is 43.3 Å². The van der Waals surface area contributed by atoms with Crippen LogP contribution in [0.25, 0.3) is 0 Å². The predicted octanol–water partition coefficient (Wildman–Crippen LogP) is 6.58. The molecule has 0 aromatic carbocycles. The predicted molar refractivity (Wildman–Crippen MR) is 152 cm³/mol. The summed E-state index contributed by atoms with van der Waals surface area (Å²) in [6.45, 7) is 13.1. The first kappa shape index (κ1) is 29.6. The van der Waals surface area contributed by atoms with Crippen molar-refractivity contribution in [1.82, 2.24) is 0 Å². The summed E-state index contributed by atoms with van der Waals surface area (Å²) in [6.07, 6.45) is 9.72. The number of carbonyl (C=O) groups is 1. The van der Waals surface area contributed by atoms with E-state index in [2.05, 4.69) is 27.7 Å². The second-order valence-corrected chi connectivity index (χ2v) is 16.1. The van der Waals surface area contributed by atoms with Gasteiger partial charge in [0.1, 0.15) is 0 Å². The zero-order chi connectivity index (χ0) is 30.0. The van der Waals surface area contributed by atoms with Crippen LogP contribution in [-0.2, 0) is 43.3 Å². The molecule has 0 N–H and O–H groups in total. The Bertz CT molecular complexity index is 1130. The molecule has 43 heavy (non-hydrogen) atoms. The summed E-state index contributed by atoms with van der Waals surface area (Å²) in [5.41, 5.74) is -2.01. The van der Waals surface area contributed by atoms with Crippen molar-refractivity contribution in [1.29, 1.82) is 0 Å². The first-order valence-corrected chi connectivity index (χ1v) is 17.5. The standard InChI is InChI=1S/C34H52O9/c1-7-8-15-32(21(4)25-11-9-19(2)23-13-17-31(6)38-29(39-32)33(23,25)42-41-31)18-22-26-12-10-20(3)24-14-16-30(5)37-28(36-27(22)35)34(24,26)43-40-30/h19-26,28-29H,7-18H2,1-6H3/t19-,20-,21-,22+,23+,24+,25+,26+,28+,29-,30-,31-,32+,33-,34-/m1/s1. The van der Waals surface area contributed by atoms with Crippen LogP contribution in [-0.4, -0.2) is 46.9 Å². The van der Waals surface area contributed by atoms with Crippen LogP contribution in [0.5, 0.6) is 0 Å². The van der Waals surface area contributed by atoms with Crippen LogP contribution in [0.1, 0.15) is 119 Å². The second kappa shape index (κ2) is 9.85. The molecule has 10 fully saturated rings. The van der Waals surface area contributed by atoms with Crippen molar-refractivity contribution in [2.45, 2.75) is 160 Å². The van der Waals surface area contributed by atoms with Crippen LogP contribution in [0, 0.1) is 47.3 Å². The maximum absolute atomic E-state index is 14.2. The quantitative estimate of drug-likeness (QED) is 0.255. The van der Waals surface area contributed by atoms with E-state index in [9.17, 15) is 4.79 Å². The molecule has 8 heterocycles. The fraction of sp³-hybridized carbons (Fsp3) is 0.971. The van der Waals surface area contributed by atoms with E-state index in [1.165, 1.54) is 0 Å². The van der Waals surface area contributed by atoms with Gasteiger partial charge in [0.2, 0.25) is 17.9 Å². The van der Waals surface area contributed by atoms with Crippen molar-refractivity contribution in [3.63, 3.8) is 0 Å². The Morgan fingerprint density at radius 2 is 1.28 bits per heavy atom. The zero-order valence-corrected chi connectivity index (χ0v) is 26.9. The number of hydrogen-bond acceptors (Lipinski definition) is 9. The van der Waals surface area contributed by atoms with Gasteiger partial charge in [-0.25, -0.2) is 19.6 Å². The molecular weight excluding hydrogens is 552 g/mol. The molecule has 8 saturated heterocycles. The fourth-order valence-corrected chi connectivity index (χ4v) is 11.4. The number of unbranched alkanes of at least 4 members (excludes halogenated alkanes) is 1. The van der Waals surface area contributed by atoms with Crippen molar-refractivity contribution in [3.05, 3.63) is 0 Å². The van der Waals surface area contributed by atoms with Gasteiger partial charge >= 0.3 is 5.97 Å². The van der Waals surface area contributed by atoms with Gasteiger partial charge in [0, 0.05) is 30.6 Å². The Labute approximate surface area is 256 Å². The molecule has 0 aromatic heterocycles. The van der Waals surface area contributed by atoms with Crippen molar-refractivity contribution in [2.24, 2.45) is 47.3 Å². The second-order valence-electron chi connectivity index (χ2n) is 16.1. The van der Waals surface area contributed by atoms with E-state index in [-0.39, 0.29) is 35.6 Å². The molecule has 10 aliphatic rings. The summed E-state index contributed by atoms with van der Waals surface area (Å²) >= 11 is 0. The van der Waals surface area contributed by atoms with Gasteiger partial charge in [-0.15, -0.1) is 0 Å². The summed E-state index contributed by atoms with van der Waals surface area (Å²) in [4.78, 5) is 39.2. The Morgan fingerprint density at radius 3 is 1.91 bits per heavy atom. The number of rotatable bonds is 5. The van der Waals surface area contributed by atoms with E-state index in [0.717, 1.165) is 70.6 Å². The Balaban J connectivity index is 1.19. The van der Waals surface area contributed by atoms with E-state index < -0.39 is 41.0 Å². The lowest BCUT2D eigenvalue weighted by Gasteiger charge is -2.65. The molecule has 2 spiro atoms. The highest BCUT2D eigenvalue weighted by Crippen LogP contribution is 2.66. The highest BCUT2D eigenvalue weighted by atomic mass is 17.3. The van der Waals surface area contributed by atoms with Crippen molar-refractivity contribution >= 4 is 5.97 Å². The first-order chi connectivity index (χ1) is 20.5. The SMILES string of the molecule is CCCC[C@@]1(C[C@@H]2C(=O)O[C@H]3O[C@@]4(C)CC[C@H]5[C@H](C)CC[C@@H]2[C@@]35OO4)O[C@H]2O[C@@]3(C)CC[C@H]4[C@H](C)CC[C@@H]([C@H]1C)[C@@]24OO3. The van der Waals surface area contributed by atoms with Gasteiger partial charge in [-0.3, -0.25) is 4.79 Å². The molecule has 15 atom stereocenters. The van der Waals surface area contributed by atoms with E-state index in [1.54, 1.807) is 0 Å². The van der Waals surface area contributed by atoms with Crippen LogP contribution >= 0.6 is 0 Å². The highest BCUT2D eigenvalue weighted by molar-refractivity contribution is 5.74. The van der Waals surface area contributed by atoms with E-state index >= 15 is 0 Å². The third kappa shape index (κ3) is 3.97. The van der Waals surface area contributed by atoms with Crippen molar-refractivity contribution in [2.75, 3.05) is 0 Å². The molecule has 242 valence electrons. The average Bonchev–Trinajstić information content (AvgIpc) is 3.34. The molecule has 9 heteroatoms. The fourth-order valence-electron chi connectivity index (χ4n) is 11.4. The van der Waals surface area contributed by atoms with Gasteiger partial charge in [-0.1, -0.05) is 40.5 Å². The minimum Gasteiger partial charge on any atom is -0.432 e. The van der Waals surface area contributed by atoms with Gasteiger partial charge in [-0.2, -0.15) is 0 Å². The largest absolute Gasteiger partial charge is 0.432 e. The zero-order valence-electron chi connectivity index (χ0n) is 26.9. The molecule has 0 radical (unpaired) electrons. The van der Waals surface area contributed by atoms with Gasteiger partial charge in [0.05, 0.1) is 11.5 Å². The molecular formula is C34H52O9. The molecule has 10 rings (SSSR count). The molecule has 8 aliphatic heterocycles. The summed E-state index contributed by atoms with van der Waals surface area (Å²) < 4.78 is 26.8. The Kier molecular flexibility index (Phi) is 6.78. The number of esters is 1. The number of fused-ring (bicyclic) bond motifs is 4. The minimum atomic E-state index is -0.898.